The van der Waals surface area contributed by atoms with E-state index in [0.29, 0.717) is 15.2 Å². The van der Waals surface area contributed by atoms with Gasteiger partial charge in [0.15, 0.2) is 4.34 Å². The summed E-state index contributed by atoms with van der Waals surface area (Å²) in [6.45, 7) is 7.71. The number of nitrogens with one attached hydrogen (secondary N) is 2. The van der Waals surface area contributed by atoms with Crippen LogP contribution in [0.1, 0.15) is 34.1 Å². The summed E-state index contributed by atoms with van der Waals surface area (Å²) in [6, 6.07) is 5.29. The Morgan fingerprint density at radius 1 is 1.25 bits per heavy atom. The third-order valence-electron chi connectivity index (χ3n) is 3.74. The van der Waals surface area contributed by atoms with Gasteiger partial charge in [0.2, 0.25) is 11.0 Å². The summed E-state index contributed by atoms with van der Waals surface area (Å²) < 4.78 is 41.0. The molecule has 0 bridgehead atoms. The van der Waals surface area contributed by atoms with Gasteiger partial charge in [-0.3, -0.25) is 4.79 Å². The zero-order chi connectivity index (χ0) is 20.9. The van der Waals surface area contributed by atoms with Crippen LogP contribution in [0.15, 0.2) is 28.6 Å². The average molecular weight is 435 g/mol. The maximum absolute atomic E-state index is 12.3. The lowest BCUT2D eigenvalue weighted by molar-refractivity contribution is -0.274. The molecular formula is C17H21F3N4O2S2. The second-order valence-corrected chi connectivity index (χ2v) is 9.12. The Hall–Kier alpha value is -2.01. The summed E-state index contributed by atoms with van der Waals surface area (Å²) in [5.41, 5.74) is 0.263. The number of aromatic nitrogens is 2. The number of halogens is 3. The van der Waals surface area contributed by atoms with Gasteiger partial charge in [0.05, 0.1) is 5.25 Å². The normalized spacial score (nSPS) is 13.1. The summed E-state index contributed by atoms with van der Waals surface area (Å²) in [7, 11) is 0. The van der Waals surface area contributed by atoms with Crippen molar-refractivity contribution in [2.45, 2.75) is 55.6 Å². The number of amides is 1. The van der Waals surface area contributed by atoms with E-state index in [-0.39, 0.29) is 22.4 Å². The molecule has 1 amide bonds. The highest BCUT2D eigenvalue weighted by molar-refractivity contribution is 8.02. The van der Waals surface area contributed by atoms with E-state index in [1.165, 1.54) is 47.4 Å². The van der Waals surface area contributed by atoms with E-state index in [0.717, 1.165) is 6.42 Å². The molecular weight excluding hydrogens is 413 g/mol. The quantitative estimate of drug-likeness (QED) is 0.572. The smallest absolute Gasteiger partial charge is 0.406 e. The number of anilines is 2. The van der Waals surface area contributed by atoms with Gasteiger partial charge in [-0.2, -0.15) is 0 Å². The summed E-state index contributed by atoms with van der Waals surface area (Å²) in [5.74, 6) is -0.386. The van der Waals surface area contributed by atoms with Gasteiger partial charge in [0, 0.05) is 11.2 Å². The van der Waals surface area contributed by atoms with E-state index >= 15 is 0 Å². The first-order valence-corrected chi connectivity index (χ1v) is 10.1. The largest absolute Gasteiger partial charge is 0.573 e. The summed E-state index contributed by atoms with van der Waals surface area (Å²) in [6.07, 6.45) is -3.91. The molecule has 1 heterocycles. The molecule has 2 N–H and O–H groups in total. The Bertz CT molecular complexity index is 794. The van der Waals surface area contributed by atoms with Gasteiger partial charge in [-0.25, -0.2) is 0 Å². The Morgan fingerprint density at radius 2 is 1.89 bits per heavy atom. The highest BCUT2D eigenvalue weighted by atomic mass is 32.2. The number of hydrogen-bond donors (Lipinski definition) is 2. The van der Waals surface area contributed by atoms with Crippen LogP contribution in [0.25, 0.3) is 0 Å². The SMILES string of the molecule is CCC(C)(C)NC(=O)C(C)Sc1nnc(Nc2ccc(OC(F)(F)F)cc2)s1. The first-order chi connectivity index (χ1) is 13.0. The molecule has 6 nitrogen and oxygen atoms in total. The Balaban J connectivity index is 1.92. The van der Waals surface area contributed by atoms with E-state index in [4.69, 9.17) is 0 Å². The fourth-order valence-corrected chi connectivity index (χ4v) is 3.82. The van der Waals surface area contributed by atoms with Crippen LogP contribution in [-0.2, 0) is 4.79 Å². The van der Waals surface area contributed by atoms with Gasteiger partial charge in [0.25, 0.3) is 0 Å². The molecule has 2 rings (SSSR count). The van der Waals surface area contributed by atoms with Crippen molar-refractivity contribution in [2.24, 2.45) is 0 Å². The van der Waals surface area contributed by atoms with E-state index in [9.17, 15) is 18.0 Å². The van der Waals surface area contributed by atoms with Crippen molar-refractivity contribution in [1.82, 2.24) is 15.5 Å². The number of carbonyl (C=O) groups excluding carboxylic acids is 1. The first kappa shape index (κ1) is 22.3. The van der Waals surface area contributed by atoms with Gasteiger partial charge in [0.1, 0.15) is 5.75 Å². The Labute approximate surface area is 169 Å². The second-order valence-electron chi connectivity index (χ2n) is 6.56. The average Bonchev–Trinajstić information content (AvgIpc) is 3.02. The molecule has 2 aromatic rings. The monoisotopic (exact) mass is 434 g/mol. The maximum atomic E-state index is 12.3. The van der Waals surface area contributed by atoms with Crippen molar-refractivity contribution in [3.8, 4) is 5.75 Å². The topological polar surface area (TPSA) is 76.1 Å². The fraction of sp³-hybridized carbons (Fsp3) is 0.471. The highest BCUT2D eigenvalue weighted by Crippen LogP contribution is 2.31. The van der Waals surface area contributed by atoms with E-state index in [1.807, 2.05) is 20.8 Å². The molecule has 0 radical (unpaired) electrons. The summed E-state index contributed by atoms with van der Waals surface area (Å²) >= 11 is 2.54. The zero-order valence-corrected chi connectivity index (χ0v) is 17.4. The first-order valence-electron chi connectivity index (χ1n) is 8.42. The molecule has 1 aromatic heterocycles. The van der Waals surface area contributed by atoms with Crippen molar-refractivity contribution in [3.63, 3.8) is 0 Å². The van der Waals surface area contributed by atoms with E-state index in [1.54, 1.807) is 6.92 Å². The molecule has 154 valence electrons. The minimum absolute atomic E-state index is 0.0817. The van der Waals surface area contributed by atoms with Crippen LogP contribution >= 0.6 is 23.1 Å². The molecule has 0 saturated carbocycles. The summed E-state index contributed by atoms with van der Waals surface area (Å²) in [5, 5.41) is 14.1. The third-order valence-corrected chi connectivity index (χ3v) is 5.76. The molecule has 0 aliphatic rings. The zero-order valence-electron chi connectivity index (χ0n) is 15.8. The van der Waals surface area contributed by atoms with E-state index in [2.05, 4.69) is 25.6 Å². The maximum Gasteiger partial charge on any atom is 0.573 e. The Morgan fingerprint density at radius 3 is 2.46 bits per heavy atom. The van der Waals surface area contributed by atoms with Gasteiger partial charge >= 0.3 is 6.36 Å². The molecule has 0 aliphatic heterocycles. The lowest BCUT2D eigenvalue weighted by Gasteiger charge is -2.26. The molecule has 1 aromatic carbocycles. The number of carbonyl (C=O) groups is 1. The Kier molecular flexibility index (Phi) is 7.16. The molecule has 28 heavy (non-hydrogen) atoms. The molecule has 0 spiro atoms. The van der Waals surface area contributed by atoms with Crippen LogP contribution in [0.3, 0.4) is 0 Å². The highest BCUT2D eigenvalue weighted by Gasteiger charge is 2.31. The molecule has 1 atom stereocenters. The number of rotatable bonds is 8. The van der Waals surface area contributed by atoms with E-state index < -0.39 is 6.36 Å². The number of thioether (sulfide) groups is 1. The van der Waals surface area contributed by atoms with Crippen molar-refractivity contribution in [3.05, 3.63) is 24.3 Å². The number of alkyl halides is 3. The van der Waals surface area contributed by atoms with Crippen LogP contribution < -0.4 is 15.4 Å². The van der Waals surface area contributed by atoms with Crippen molar-refractivity contribution in [2.75, 3.05) is 5.32 Å². The summed E-state index contributed by atoms with van der Waals surface area (Å²) in [4.78, 5) is 12.3. The minimum Gasteiger partial charge on any atom is -0.406 e. The van der Waals surface area contributed by atoms with Crippen LogP contribution in [-0.4, -0.2) is 33.3 Å². The molecule has 1 unspecified atom stereocenters. The van der Waals surface area contributed by atoms with Crippen LogP contribution in [0.2, 0.25) is 0 Å². The van der Waals surface area contributed by atoms with Crippen molar-refractivity contribution < 1.29 is 22.7 Å². The molecule has 0 aliphatic carbocycles. The molecule has 0 fully saturated rings. The minimum atomic E-state index is -4.73. The number of ether oxygens (including phenoxy) is 1. The van der Waals surface area contributed by atoms with Crippen LogP contribution in [0.5, 0.6) is 5.75 Å². The third kappa shape index (κ3) is 7.19. The van der Waals surface area contributed by atoms with Crippen LogP contribution in [0.4, 0.5) is 24.0 Å². The predicted molar refractivity (Wildman–Crippen MR) is 104 cm³/mol. The molecule has 11 heteroatoms. The number of benzene rings is 1. The van der Waals surface area contributed by atoms with Crippen LogP contribution in [0, 0.1) is 0 Å². The fourth-order valence-electron chi connectivity index (χ4n) is 1.90. The van der Waals surface area contributed by atoms with Crippen molar-refractivity contribution >= 4 is 39.8 Å². The van der Waals surface area contributed by atoms with Gasteiger partial charge in [-0.15, -0.1) is 23.4 Å². The lowest BCUT2D eigenvalue weighted by atomic mass is 10.0. The standard InChI is InChI=1S/C17H21F3N4O2S2/c1-5-16(3,4)22-13(25)10(2)27-15-24-23-14(28-15)21-11-6-8-12(9-7-11)26-17(18,19)20/h6-10H,5H2,1-4H3,(H,21,23)(H,22,25). The van der Waals surface area contributed by atoms with Gasteiger partial charge in [-0.05, 0) is 51.5 Å². The van der Waals surface area contributed by atoms with Gasteiger partial charge in [-0.1, -0.05) is 30.0 Å². The van der Waals surface area contributed by atoms with Gasteiger partial charge < -0.3 is 15.4 Å². The lowest BCUT2D eigenvalue weighted by Crippen LogP contribution is -2.46. The predicted octanol–water partition coefficient (Wildman–Crippen LogP) is 4.97. The molecule has 0 saturated heterocycles. The van der Waals surface area contributed by atoms with Crippen molar-refractivity contribution in [1.29, 1.82) is 0 Å². The number of hydrogen-bond acceptors (Lipinski definition) is 7. The number of nitrogens with zero attached hydrogens (tertiary/aromatic N) is 2. The second kappa shape index (κ2) is 8.99.